The van der Waals surface area contributed by atoms with Gasteiger partial charge in [0.15, 0.2) is 0 Å². The maximum absolute atomic E-state index is 13.4. The van der Waals surface area contributed by atoms with E-state index in [4.69, 9.17) is 4.74 Å². The molecule has 0 bridgehead atoms. The van der Waals surface area contributed by atoms with Gasteiger partial charge >= 0.3 is 0 Å². The van der Waals surface area contributed by atoms with E-state index in [1.54, 1.807) is 24.3 Å². The van der Waals surface area contributed by atoms with Crippen LogP contribution in [0.4, 0.5) is 5.69 Å². The zero-order valence-corrected chi connectivity index (χ0v) is 21.1. The number of benzene rings is 4. The van der Waals surface area contributed by atoms with Crippen molar-refractivity contribution in [1.82, 2.24) is 0 Å². The van der Waals surface area contributed by atoms with Crippen LogP contribution in [-0.4, -0.2) is 11.8 Å². The highest BCUT2D eigenvalue weighted by atomic mass is 16.5. The van der Waals surface area contributed by atoms with Crippen LogP contribution in [0.1, 0.15) is 72.7 Å². The second-order valence-corrected chi connectivity index (χ2v) is 10.1. The third-order valence-corrected chi connectivity index (χ3v) is 7.15. The molecule has 1 heterocycles. The summed E-state index contributed by atoms with van der Waals surface area (Å²) in [6.07, 6.45) is 4.85. The Morgan fingerprint density at radius 1 is 0.750 bits per heavy atom. The van der Waals surface area contributed by atoms with Crippen LogP contribution in [0, 0.1) is 0 Å². The van der Waals surface area contributed by atoms with Crippen molar-refractivity contribution in [3.8, 4) is 11.5 Å². The predicted molar refractivity (Wildman–Crippen MR) is 145 cm³/mol. The van der Waals surface area contributed by atoms with Crippen LogP contribution in [0.25, 0.3) is 10.8 Å². The molecule has 0 aromatic heterocycles. The van der Waals surface area contributed by atoms with E-state index in [-0.39, 0.29) is 17.2 Å². The monoisotopic (exact) mass is 477 g/mol. The SMILES string of the molecule is CCCCCC(C)(C)c1ccc(Oc2ccc3c4c(cccc24)C(=O)N(c2ccccc2)C3=O)cc1. The van der Waals surface area contributed by atoms with Crippen molar-refractivity contribution in [2.24, 2.45) is 0 Å². The third kappa shape index (κ3) is 4.28. The smallest absolute Gasteiger partial charge is 0.265 e. The molecule has 5 rings (SSSR count). The van der Waals surface area contributed by atoms with E-state index in [2.05, 4.69) is 32.9 Å². The summed E-state index contributed by atoms with van der Waals surface area (Å²) < 4.78 is 6.28. The fraction of sp³-hybridized carbons (Fsp3) is 0.250. The number of imide groups is 1. The van der Waals surface area contributed by atoms with Gasteiger partial charge in [0.25, 0.3) is 11.8 Å². The molecule has 1 aliphatic rings. The zero-order chi connectivity index (χ0) is 25.3. The van der Waals surface area contributed by atoms with Gasteiger partial charge in [-0.05, 0) is 59.9 Å². The lowest BCUT2D eigenvalue weighted by atomic mass is 9.80. The molecule has 0 unspecified atom stereocenters. The highest BCUT2D eigenvalue weighted by molar-refractivity contribution is 6.36. The normalized spacial score (nSPS) is 13.4. The maximum Gasteiger partial charge on any atom is 0.265 e. The van der Waals surface area contributed by atoms with Gasteiger partial charge in [0.1, 0.15) is 11.5 Å². The van der Waals surface area contributed by atoms with E-state index >= 15 is 0 Å². The number of unbranched alkanes of at least 4 members (excludes halogenated alkanes) is 2. The van der Waals surface area contributed by atoms with Crippen LogP contribution in [0.3, 0.4) is 0 Å². The van der Waals surface area contributed by atoms with Gasteiger partial charge in [0, 0.05) is 21.9 Å². The standard InChI is InChI=1S/C32H31NO3/c1-4-5-9-21-32(2,3)22-15-17-24(18-16-22)36-28-20-19-27-29-25(28)13-10-14-26(29)30(34)33(31(27)35)23-11-7-6-8-12-23/h6-8,10-20H,4-5,9,21H2,1-3H3. The number of ether oxygens (including phenoxy) is 1. The van der Waals surface area contributed by atoms with Gasteiger partial charge in [-0.3, -0.25) is 9.59 Å². The van der Waals surface area contributed by atoms with Gasteiger partial charge in [0.2, 0.25) is 0 Å². The molecule has 0 N–H and O–H groups in total. The second kappa shape index (κ2) is 9.62. The van der Waals surface area contributed by atoms with Gasteiger partial charge in [-0.15, -0.1) is 0 Å². The summed E-state index contributed by atoms with van der Waals surface area (Å²) in [5.74, 6) is 0.703. The van der Waals surface area contributed by atoms with Crippen LogP contribution >= 0.6 is 0 Å². The average Bonchev–Trinajstić information content (AvgIpc) is 2.89. The van der Waals surface area contributed by atoms with Crippen LogP contribution in [0.5, 0.6) is 11.5 Å². The maximum atomic E-state index is 13.4. The predicted octanol–water partition coefficient (Wildman–Crippen LogP) is 8.29. The zero-order valence-electron chi connectivity index (χ0n) is 21.1. The molecule has 36 heavy (non-hydrogen) atoms. The first-order chi connectivity index (χ1) is 17.4. The van der Waals surface area contributed by atoms with E-state index in [1.165, 1.54) is 29.7 Å². The quantitative estimate of drug-likeness (QED) is 0.189. The summed E-state index contributed by atoms with van der Waals surface area (Å²) in [5, 5.41) is 1.40. The molecular formula is C32H31NO3. The van der Waals surface area contributed by atoms with Crippen molar-refractivity contribution < 1.29 is 14.3 Å². The molecule has 0 aliphatic carbocycles. The molecule has 0 saturated carbocycles. The van der Waals surface area contributed by atoms with Crippen molar-refractivity contribution in [3.63, 3.8) is 0 Å². The molecule has 4 nitrogen and oxygen atoms in total. The Bertz CT molecular complexity index is 1400. The summed E-state index contributed by atoms with van der Waals surface area (Å²) in [7, 11) is 0. The van der Waals surface area contributed by atoms with Crippen molar-refractivity contribution >= 4 is 28.3 Å². The molecule has 0 fully saturated rings. The van der Waals surface area contributed by atoms with Crippen LogP contribution in [0.2, 0.25) is 0 Å². The molecule has 2 amide bonds. The summed E-state index contributed by atoms with van der Waals surface area (Å²) in [4.78, 5) is 28.0. The van der Waals surface area contributed by atoms with Gasteiger partial charge in [-0.25, -0.2) is 4.90 Å². The summed E-state index contributed by atoms with van der Waals surface area (Å²) in [6.45, 7) is 6.81. The minimum Gasteiger partial charge on any atom is -0.457 e. The topological polar surface area (TPSA) is 46.6 Å². The van der Waals surface area contributed by atoms with E-state index < -0.39 is 0 Å². The molecule has 182 valence electrons. The minimum absolute atomic E-state index is 0.110. The van der Waals surface area contributed by atoms with Crippen molar-refractivity contribution in [2.45, 2.75) is 51.9 Å². The first kappa shape index (κ1) is 23.8. The number of carbonyl (C=O) groups excluding carboxylic acids is 2. The van der Waals surface area contributed by atoms with Crippen LogP contribution < -0.4 is 9.64 Å². The van der Waals surface area contributed by atoms with Crippen LogP contribution in [-0.2, 0) is 5.41 Å². The Kier molecular flexibility index (Phi) is 6.36. The molecule has 0 radical (unpaired) electrons. The highest BCUT2D eigenvalue weighted by Gasteiger charge is 2.34. The highest BCUT2D eigenvalue weighted by Crippen LogP contribution is 2.39. The molecule has 1 aliphatic heterocycles. The van der Waals surface area contributed by atoms with E-state index in [9.17, 15) is 9.59 Å². The molecular weight excluding hydrogens is 446 g/mol. The van der Waals surface area contributed by atoms with Gasteiger partial charge < -0.3 is 4.74 Å². The van der Waals surface area contributed by atoms with Crippen molar-refractivity contribution in [2.75, 3.05) is 4.90 Å². The Hall–Kier alpha value is -3.92. The Morgan fingerprint density at radius 2 is 1.44 bits per heavy atom. The second-order valence-electron chi connectivity index (χ2n) is 10.1. The molecule has 4 aromatic rings. The number of anilines is 1. The van der Waals surface area contributed by atoms with Gasteiger partial charge in [-0.1, -0.05) is 82.5 Å². The molecule has 0 saturated heterocycles. The number of carbonyl (C=O) groups is 2. The number of para-hydroxylation sites is 1. The van der Waals surface area contributed by atoms with Crippen molar-refractivity contribution in [1.29, 1.82) is 0 Å². The van der Waals surface area contributed by atoms with E-state index in [1.807, 2.05) is 48.5 Å². The third-order valence-electron chi connectivity index (χ3n) is 7.15. The average molecular weight is 478 g/mol. The molecule has 0 spiro atoms. The number of amides is 2. The first-order valence-corrected chi connectivity index (χ1v) is 12.7. The lowest BCUT2D eigenvalue weighted by Gasteiger charge is -2.27. The lowest BCUT2D eigenvalue weighted by molar-refractivity contribution is 0.0893. The summed E-state index contributed by atoms with van der Waals surface area (Å²) in [5.41, 5.74) is 2.97. The summed E-state index contributed by atoms with van der Waals surface area (Å²) in [6, 6.07) is 26.4. The van der Waals surface area contributed by atoms with Crippen LogP contribution in [0.15, 0.2) is 84.9 Å². The van der Waals surface area contributed by atoms with Gasteiger partial charge in [0.05, 0.1) is 5.69 Å². The molecule has 4 aromatic carbocycles. The Balaban J connectivity index is 1.46. The molecule has 4 heteroatoms. The fourth-order valence-electron chi connectivity index (χ4n) is 5.03. The minimum atomic E-state index is -0.323. The number of hydrogen-bond acceptors (Lipinski definition) is 3. The fourth-order valence-corrected chi connectivity index (χ4v) is 5.03. The summed E-state index contributed by atoms with van der Waals surface area (Å²) >= 11 is 0. The number of nitrogens with zero attached hydrogens (tertiary/aromatic N) is 1. The van der Waals surface area contributed by atoms with Gasteiger partial charge in [-0.2, -0.15) is 0 Å². The van der Waals surface area contributed by atoms with E-state index in [0.29, 0.717) is 28.0 Å². The Labute approximate surface area is 212 Å². The lowest BCUT2D eigenvalue weighted by Crippen LogP contribution is -2.40. The Morgan fingerprint density at radius 3 is 2.14 bits per heavy atom. The number of rotatable bonds is 8. The first-order valence-electron chi connectivity index (χ1n) is 12.7. The largest absolute Gasteiger partial charge is 0.457 e. The van der Waals surface area contributed by atoms with Crippen molar-refractivity contribution in [3.05, 3.63) is 102 Å². The van der Waals surface area contributed by atoms with E-state index in [0.717, 1.165) is 17.6 Å². The molecule has 0 atom stereocenters. The number of hydrogen-bond donors (Lipinski definition) is 0.